The molecule has 0 atom stereocenters. The summed E-state index contributed by atoms with van der Waals surface area (Å²) in [5.41, 5.74) is 1.12. The predicted molar refractivity (Wildman–Crippen MR) is 107 cm³/mol. The van der Waals surface area contributed by atoms with Crippen molar-refractivity contribution in [3.8, 4) is 0 Å². The van der Waals surface area contributed by atoms with Gasteiger partial charge < -0.3 is 15.2 Å². The van der Waals surface area contributed by atoms with Gasteiger partial charge >= 0.3 is 0 Å². The van der Waals surface area contributed by atoms with Gasteiger partial charge in [0.05, 0.1) is 27.8 Å². The monoisotopic (exact) mass is 382 g/mol. The molecule has 0 spiro atoms. The third kappa shape index (κ3) is 3.52. The first-order chi connectivity index (χ1) is 12.9. The van der Waals surface area contributed by atoms with Gasteiger partial charge in [0.15, 0.2) is 0 Å². The van der Waals surface area contributed by atoms with E-state index in [1.165, 1.54) is 10.9 Å². The van der Waals surface area contributed by atoms with E-state index in [1.807, 2.05) is 0 Å². The van der Waals surface area contributed by atoms with Crippen molar-refractivity contribution in [2.45, 2.75) is 6.92 Å². The second-order valence-corrected chi connectivity index (χ2v) is 6.89. The number of benzene rings is 1. The van der Waals surface area contributed by atoms with E-state index in [1.54, 1.807) is 44.3 Å². The molecule has 0 aliphatic carbocycles. The number of aryl methyl sites for hydroxylation is 2. The molecule has 0 bridgehead atoms. The van der Waals surface area contributed by atoms with Crippen molar-refractivity contribution in [2.75, 3.05) is 11.9 Å². The van der Waals surface area contributed by atoms with Crippen molar-refractivity contribution in [2.24, 2.45) is 7.05 Å². The van der Waals surface area contributed by atoms with Gasteiger partial charge in [-0.3, -0.25) is 14.4 Å². The van der Waals surface area contributed by atoms with Crippen LogP contribution < -0.4 is 16.2 Å². The average molecular weight is 382 g/mol. The zero-order chi connectivity index (χ0) is 19.6. The van der Waals surface area contributed by atoms with Crippen LogP contribution in [0.1, 0.15) is 25.6 Å². The van der Waals surface area contributed by atoms with Crippen molar-refractivity contribution in [1.82, 2.24) is 14.9 Å². The van der Waals surface area contributed by atoms with E-state index >= 15 is 0 Å². The number of carbonyl (C=O) groups excluding carboxylic acids is 2. The molecule has 0 radical (unpaired) electrons. The maximum absolute atomic E-state index is 12.8. The fourth-order valence-corrected chi connectivity index (χ4v) is 3.69. The Bertz CT molecular complexity index is 1110. The number of hydrogen-bond donors (Lipinski definition) is 2. The van der Waals surface area contributed by atoms with Crippen LogP contribution in [0.5, 0.6) is 0 Å². The second-order valence-electron chi connectivity index (χ2n) is 5.90. The highest BCUT2D eigenvalue weighted by atomic mass is 32.1. The standard InChI is InChI=1S/C19H18N4O3S/c1-4-9-20-16(24)12-7-5-6-8-13(12)22-17(25)15-11(2)14-18(27-15)21-10-23(3)19(14)26/h4-8,10H,1,9H2,2-3H3,(H,20,24)(H,22,25). The highest BCUT2D eigenvalue weighted by Crippen LogP contribution is 2.28. The molecule has 0 aliphatic heterocycles. The largest absolute Gasteiger partial charge is 0.349 e. The van der Waals surface area contributed by atoms with Crippen molar-refractivity contribution in [1.29, 1.82) is 0 Å². The SMILES string of the molecule is C=CCNC(=O)c1ccccc1NC(=O)c1sc2ncn(C)c(=O)c2c1C. The molecular weight excluding hydrogens is 364 g/mol. The summed E-state index contributed by atoms with van der Waals surface area (Å²) in [6.45, 7) is 5.61. The van der Waals surface area contributed by atoms with Gasteiger partial charge in [-0.25, -0.2) is 4.98 Å². The van der Waals surface area contributed by atoms with E-state index in [2.05, 4.69) is 22.2 Å². The number of aromatic nitrogens is 2. The molecule has 2 aromatic heterocycles. The van der Waals surface area contributed by atoms with Gasteiger partial charge in [-0.15, -0.1) is 17.9 Å². The molecule has 2 amide bonds. The lowest BCUT2D eigenvalue weighted by molar-refractivity contribution is 0.0959. The Morgan fingerprint density at radius 3 is 2.78 bits per heavy atom. The Labute approximate surface area is 159 Å². The number of nitrogens with zero attached hydrogens (tertiary/aromatic N) is 2. The van der Waals surface area contributed by atoms with E-state index in [4.69, 9.17) is 0 Å². The zero-order valence-electron chi connectivity index (χ0n) is 14.9. The van der Waals surface area contributed by atoms with E-state index in [0.29, 0.717) is 38.5 Å². The Kier molecular flexibility index (Phi) is 5.18. The number of anilines is 1. The van der Waals surface area contributed by atoms with E-state index in [-0.39, 0.29) is 17.4 Å². The lowest BCUT2D eigenvalue weighted by Gasteiger charge is -2.10. The highest BCUT2D eigenvalue weighted by molar-refractivity contribution is 7.20. The average Bonchev–Trinajstić information content (AvgIpc) is 3.00. The first kappa shape index (κ1) is 18.5. The van der Waals surface area contributed by atoms with Crippen LogP contribution in [0.3, 0.4) is 0 Å². The van der Waals surface area contributed by atoms with Crippen LogP contribution in [-0.2, 0) is 7.05 Å². The maximum Gasteiger partial charge on any atom is 0.266 e. The van der Waals surface area contributed by atoms with Crippen molar-refractivity contribution in [3.05, 3.63) is 69.6 Å². The molecule has 0 fully saturated rings. The van der Waals surface area contributed by atoms with Crippen LogP contribution in [0.15, 0.2) is 48.0 Å². The molecule has 0 unspecified atom stereocenters. The van der Waals surface area contributed by atoms with Crippen LogP contribution in [0.4, 0.5) is 5.69 Å². The maximum atomic E-state index is 12.8. The molecule has 7 nitrogen and oxygen atoms in total. The molecule has 0 aliphatic rings. The molecule has 2 heterocycles. The summed E-state index contributed by atoms with van der Waals surface area (Å²) in [5, 5.41) is 5.89. The summed E-state index contributed by atoms with van der Waals surface area (Å²) < 4.78 is 1.38. The fourth-order valence-electron chi connectivity index (χ4n) is 2.65. The van der Waals surface area contributed by atoms with E-state index in [0.717, 1.165) is 11.3 Å². The molecule has 0 saturated carbocycles. The Morgan fingerprint density at radius 2 is 2.04 bits per heavy atom. The summed E-state index contributed by atoms with van der Waals surface area (Å²) in [6.07, 6.45) is 3.01. The van der Waals surface area contributed by atoms with Gasteiger partial charge in [-0.1, -0.05) is 18.2 Å². The van der Waals surface area contributed by atoms with Crippen LogP contribution in [0, 0.1) is 6.92 Å². The van der Waals surface area contributed by atoms with Crippen LogP contribution in [-0.4, -0.2) is 27.9 Å². The van der Waals surface area contributed by atoms with Gasteiger partial charge in [0.2, 0.25) is 0 Å². The molecule has 138 valence electrons. The van der Waals surface area contributed by atoms with Crippen molar-refractivity contribution >= 4 is 39.1 Å². The first-order valence-corrected chi connectivity index (χ1v) is 9.00. The van der Waals surface area contributed by atoms with Gasteiger partial charge in [0, 0.05) is 13.6 Å². The van der Waals surface area contributed by atoms with Gasteiger partial charge in [-0.2, -0.15) is 0 Å². The van der Waals surface area contributed by atoms with Gasteiger partial charge in [0.1, 0.15) is 4.83 Å². The molecule has 0 saturated heterocycles. The third-order valence-corrected chi connectivity index (χ3v) is 5.24. The lowest BCUT2D eigenvalue weighted by Crippen LogP contribution is -2.25. The molecule has 1 aromatic carbocycles. The summed E-state index contributed by atoms with van der Waals surface area (Å²) in [4.78, 5) is 42.5. The quantitative estimate of drug-likeness (QED) is 0.663. The normalized spacial score (nSPS) is 10.6. The number of amides is 2. The highest BCUT2D eigenvalue weighted by Gasteiger charge is 2.20. The number of fused-ring (bicyclic) bond motifs is 1. The Hall–Kier alpha value is -3.26. The molecule has 27 heavy (non-hydrogen) atoms. The number of para-hydroxylation sites is 1. The smallest absolute Gasteiger partial charge is 0.266 e. The zero-order valence-corrected chi connectivity index (χ0v) is 15.7. The van der Waals surface area contributed by atoms with Crippen molar-refractivity contribution in [3.63, 3.8) is 0 Å². The van der Waals surface area contributed by atoms with Crippen LogP contribution >= 0.6 is 11.3 Å². The van der Waals surface area contributed by atoms with Gasteiger partial charge in [-0.05, 0) is 24.6 Å². The fraction of sp³-hybridized carbons (Fsp3) is 0.158. The van der Waals surface area contributed by atoms with Crippen molar-refractivity contribution < 1.29 is 9.59 Å². The van der Waals surface area contributed by atoms with E-state index in [9.17, 15) is 14.4 Å². The number of thiophene rings is 1. The number of carbonyl (C=O) groups is 2. The predicted octanol–water partition coefficient (Wildman–Crippen LogP) is 2.47. The summed E-state index contributed by atoms with van der Waals surface area (Å²) >= 11 is 1.15. The molecule has 3 aromatic rings. The molecular formula is C19H18N4O3S. The Balaban J connectivity index is 1.95. The molecule has 2 N–H and O–H groups in total. The third-order valence-electron chi connectivity index (χ3n) is 4.04. The summed E-state index contributed by atoms with van der Waals surface area (Å²) in [7, 11) is 1.61. The van der Waals surface area contributed by atoms with Crippen LogP contribution in [0.25, 0.3) is 10.2 Å². The second kappa shape index (κ2) is 7.55. The molecule has 8 heteroatoms. The minimum Gasteiger partial charge on any atom is -0.349 e. The summed E-state index contributed by atoms with van der Waals surface area (Å²) in [5.74, 6) is -0.698. The van der Waals surface area contributed by atoms with Crippen LogP contribution in [0.2, 0.25) is 0 Å². The van der Waals surface area contributed by atoms with Gasteiger partial charge in [0.25, 0.3) is 17.4 Å². The Morgan fingerprint density at radius 1 is 1.30 bits per heavy atom. The first-order valence-electron chi connectivity index (χ1n) is 8.18. The number of nitrogens with one attached hydrogen (secondary N) is 2. The minimum atomic E-state index is -0.387. The summed E-state index contributed by atoms with van der Waals surface area (Å²) in [6, 6.07) is 6.73. The lowest BCUT2D eigenvalue weighted by atomic mass is 10.1. The topological polar surface area (TPSA) is 93.1 Å². The number of hydrogen-bond acceptors (Lipinski definition) is 5. The molecule has 3 rings (SSSR count). The minimum absolute atomic E-state index is 0.197. The number of rotatable bonds is 5. The van der Waals surface area contributed by atoms with E-state index < -0.39 is 0 Å².